The van der Waals surface area contributed by atoms with Crippen LogP contribution in [-0.4, -0.2) is 39.5 Å². The van der Waals surface area contributed by atoms with Gasteiger partial charge in [-0.1, -0.05) is 67.6 Å². The molecule has 1 aliphatic heterocycles. The van der Waals surface area contributed by atoms with Crippen molar-refractivity contribution < 1.29 is 14.7 Å². The van der Waals surface area contributed by atoms with Crippen LogP contribution in [0.2, 0.25) is 0 Å². The molecular weight excluding hydrogens is 396 g/mol. The normalized spacial score (nSPS) is 17.1. The number of phenolic OH excluding ortho intramolecular Hbond substituents is 1. The van der Waals surface area contributed by atoms with Crippen molar-refractivity contribution in [3.8, 4) is 5.75 Å². The van der Waals surface area contributed by atoms with Crippen LogP contribution in [-0.2, 0) is 9.59 Å². The highest BCUT2D eigenvalue weighted by Crippen LogP contribution is 2.36. The van der Waals surface area contributed by atoms with Gasteiger partial charge in [0.05, 0.1) is 11.9 Å². The Kier molecular flexibility index (Phi) is 5.95. The smallest absolute Gasteiger partial charge is 0.244 e. The number of carbonyl (C=O) groups is 2. The Morgan fingerprint density at radius 3 is 2.60 bits per heavy atom. The first-order valence-electron chi connectivity index (χ1n) is 10.0. The quantitative estimate of drug-likeness (QED) is 0.653. The third-order valence-electron chi connectivity index (χ3n) is 5.46. The molecule has 0 aliphatic carbocycles. The third kappa shape index (κ3) is 3.87. The maximum Gasteiger partial charge on any atom is 0.244 e. The molecule has 4 rings (SSSR count). The molecule has 154 valence electrons. The number of rotatable bonds is 5. The molecule has 5 nitrogen and oxygen atoms in total. The minimum absolute atomic E-state index is 0.0237. The third-order valence-corrected chi connectivity index (χ3v) is 6.48. The van der Waals surface area contributed by atoms with E-state index in [9.17, 15) is 14.7 Å². The summed E-state index contributed by atoms with van der Waals surface area (Å²) in [6.45, 7) is 1.81. The number of carbonyl (C=O) groups excluding carboxylic acids is 2. The maximum absolute atomic E-state index is 13.3. The lowest BCUT2D eigenvalue weighted by Crippen LogP contribution is -2.48. The summed E-state index contributed by atoms with van der Waals surface area (Å²) < 4.78 is 0. The first-order valence-corrected chi connectivity index (χ1v) is 11.2. The molecule has 2 amide bonds. The number of aromatic hydroxyl groups is 1. The van der Waals surface area contributed by atoms with Gasteiger partial charge in [0.25, 0.3) is 0 Å². The van der Waals surface area contributed by atoms with Crippen LogP contribution in [0.3, 0.4) is 0 Å². The Labute approximate surface area is 180 Å². The van der Waals surface area contributed by atoms with Gasteiger partial charge in [-0.3, -0.25) is 9.59 Å². The van der Waals surface area contributed by atoms with E-state index in [4.69, 9.17) is 0 Å². The first-order chi connectivity index (χ1) is 14.6. The number of amides is 2. The van der Waals surface area contributed by atoms with Gasteiger partial charge in [0.2, 0.25) is 11.8 Å². The number of thioether (sulfide) groups is 1. The number of hydrogen-bond donors (Lipinski definition) is 2. The van der Waals surface area contributed by atoms with Crippen molar-refractivity contribution >= 4 is 34.3 Å². The molecule has 30 heavy (non-hydrogen) atoms. The number of benzene rings is 3. The summed E-state index contributed by atoms with van der Waals surface area (Å²) in [5, 5.41) is 15.8. The summed E-state index contributed by atoms with van der Waals surface area (Å²) in [6, 6.07) is 19.9. The second kappa shape index (κ2) is 8.79. The van der Waals surface area contributed by atoms with Crippen LogP contribution in [0.25, 0.3) is 10.8 Å². The standard InChI is InChI=1S/C24H24N2O3S/c1-2-21(28)26-15-30-14-19(26)24(29)25-23(17-9-4-3-5-10-17)22-18-11-7-6-8-16(18)12-13-20(22)27/h3-13,19,23,27H,2,14-15H2,1H3,(H,25,29)/t19-,23+/m0/s1. The fourth-order valence-electron chi connectivity index (χ4n) is 3.90. The number of nitrogens with one attached hydrogen (secondary N) is 1. The van der Waals surface area contributed by atoms with Crippen LogP contribution in [0.1, 0.15) is 30.5 Å². The molecule has 0 unspecified atom stereocenters. The zero-order valence-corrected chi connectivity index (χ0v) is 17.6. The molecule has 0 saturated carbocycles. The summed E-state index contributed by atoms with van der Waals surface area (Å²) in [4.78, 5) is 27.2. The topological polar surface area (TPSA) is 69.6 Å². The molecule has 0 spiro atoms. The lowest BCUT2D eigenvalue weighted by atomic mass is 9.92. The van der Waals surface area contributed by atoms with Crippen LogP contribution < -0.4 is 5.32 Å². The minimum atomic E-state index is -0.533. The molecule has 1 fully saturated rings. The summed E-state index contributed by atoms with van der Waals surface area (Å²) >= 11 is 1.58. The predicted molar refractivity (Wildman–Crippen MR) is 120 cm³/mol. The van der Waals surface area contributed by atoms with Gasteiger partial charge in [0.1, 0.15) is 11.8 Å². The van der Waals surface area contributed by atoms with Gasteiger partial charge in [-0.05, 0) is 22.4 Å². The number of phenols is 1. The molecule has 1 heterocycles. The van der Waals surface area contributed by atoms with Crippen molar-refractivity contribution in [2.24, 2.45) is 0 Å². The van der Waals surface area contributed by atoms with Crippen molar-refractivity contribution in [1.82, 2.24) is 10.2 Å². The van der Waals surface area contributed by atoms with Crippen molar-refractivity contribution in [2.75, 3.05) is 11.6 Å². The van der Waals surface area contributed by atoms with Crippen LogP contribution in [0.15, 0.2) is 66.7 Å². The summed E-state index contributed by atoms with van der Waals surface area (Å²) in [7, 11) is 0. The van der Waals surface area contributed by atoms with E-state index >= 15 is 0 Å². The second-order valence-corrected chi connectivity index (χ2v) is 8.30. The predicted octanol–water partition coefficient (Wildman–Crippen LogP) is 4.06. The molecule has 0 bridgehead atoms. The highest BCUT2D eigenvalue weighted by Gasteiger charge is 2.35. The van der Waals surface area contributed by atoms with Crippen molar-refractivity contribution in [3.05, 3.63) is 77.9 Å². The molecule has 1 aliphatic rings. The monoisotopic (exact) mass is 420 g/mol. The molecule has 2 atom stereocenters. The van der Waals surface area contributed by atoms with Crippen molar-refractivity contribution in [3.63, 3.8) is 0 Å². The van der Waals surface area contributed by atoms with E-state index < -0.39 is 12.1 Å². The average Bonchev–Trinajstić information content (AvgIpc) is 3.28. The van der Waals surface area contributed by atoms with Gasteiger partial charge in [-0.15, -0.1) is 11.8 Å². The molecule has 0 radical (unpaired) electrons. The Bertz CT molecular complexity index is 1070. The number of fused-ring (bicyclic) bond motifs is 1. The molecule has 6 heteroatoms. The van der Waals surface area contributed by atoms with Gasteiger partial charge in [0.15, 0.2) is 0 Å². The van der Waals surface area contributed by atoms with Crippen molar-refractivity contribution in [1.29, 1.82) is 0 Å². The van der Waals surface area contributed by atoms with Crippen LogP contribution >= 0.6 is 11.8 Å². The van der Waals surface area contributed by atoms with Gasteiger partial charge >= 0.3 is 0 Å². The van der Waals surface area contributed by atoms with E-state index in [1.54, 1.807) is 29.7 Å². The van der Waals surface area contributed by atoms with Gasteiger partial charge < -0.3 is 15.3 Å². The maximum atomic E-state index is 13.3. The molecule has 1 saturated heterocycles. The highest BCUT2D eigenvalue weighted by molar-refractivity contribution is 7.99. The van der Waals surface area contributed by atoms with E-state index in [1.165, 1.54) is 0 Å². The van der Waals surface area contributed by atoms with Crippen LogP contribution in [0.5, 0.6) is 5.75 Å². The molecule has 3 aromatic rings. The highest BCUT2D eigenvalue weighted by atomic mass is 32.2. The Morgan fingerprint density at radius 1 is 1.10 bits per heavy atom. The summed E-state index contributed by atoms with van der Waals surface area (Å²) in [5.41, 5.74) is 1.53. The van der Waals surface area contributed by atoms with E-state index in [0.29, 0.717) is 23.6 Å². The Balaban J connectivity index is 1.75. The minimum Gasteiger partial charge on any atom is -0.508 e. The lowest BCUT2D eigenvalue weighted by molar-refractivity contribution is -0.138. The van der Waals surface area contributed by atoms with E-state index in [2.05, 4.69) is 5.32 Å². The Morgan fingerprint density at radius 2 is 1.83 bits per heavy atom. The fourth-order valence-corrected chi connectivity index (χ4v) is 5.08. The van der Waals surface area contributed by atoms with E-state index in [1.807, 2.05) is 60.7 Å². The fraction of sp³-hybridized carbons (Fsp3) is 0.250. The summed E-state index contributed by atoms with van der Waals surface area (Å²) in [6.07, 6.45) is 0.372. The zero-order valence-electron chi connectivity index (χ0n) is 16.7. The second-order valence-electron chi connectivity index (χ2n) is 7.30. The van der Waals surface area contributed by atoms with Crippen LogP contribution in [0.4, 0.5) is 0 Å². The summed E-state index contributed by atoms with van der Waals surface area (Å²) in [5.74, 6) is 0.999. The zero-order chi connectivity index (χ0) is 21.1. The number of hydrogen-bond acceptors (Lipinski definition) is 4. The van der Waals surface area contributed by atoms with Gasteiger partial charge in [-0.2, -0.15) is 0 Å². The first kappa shape index (κ1) is 20.3. The molecule has 2 N–H and O–H groups in total. The molecule has 0 aromatic heterocycles. The van der Waals surface area contributed by atoms with Gasteiger partial charge in [-0.25, -0.2) is 0 Å². The number of nitrogens with zero attached hydrogens (tertiary/aromatic N) is 1. The van der Waals surface area contributed by atoms with Crippen molar-refractivity contribution in [2.45, 2.75) is 25.4 Å². The largest absolute Gasteiger partial charge is 0.508 e. The van der Waals surface area contributed by atoms with Crippen LogP contribution in [0, 0.1) is 0 Å². The van der Waals surface area contributed by atoms with Gasteiger partial charge in [0, 0.05) is 17.7 Å². The van der Waals surface area contributed by atoms with E-state index in [-0.39, 0.29) is 17.6 Å². The molecule has 3 aromatic carbocycles. The SMILES string of the molecule is CCC(=O)N1CSC[C@H]1C(=O)N[C@H](c1ccccc1)c1c(O)ccc2ccccc12. The lowest BCUT2D eigenvalue weighted by Gasteiger charge is -2.27. The molecular formula is C24H24N2O3S. The Hall–Kier alpha value is -2.99. The average molecular weight is 421 g/mol. The van der Waals surface area contributed by atoms with E-state index in [0.717, 1.165) is 16.3 Å².